The SMILES string of the molecule is CC(C)(C)CC(=O)Nc1ccc2c(c1)CCN2Cc1cc(C(F)(F)F)ccc1Cl. The fraction of sp³-hybridized carbons (Fsp3) is 0.409. The van der Waals surface area contributed by atoms with Crippen LogP contribution < -0.4 is 10.2 Å². The minimum absolute atomic E-state index is 0.0388. The van der Waals surface area contributed by atoms with Gasteiger partial charge in [0.2, 0.25) is 5.91 Å². The molecule has 0 saturated heterocycles. The van der Waals surface area contributed by atoms with Gasteiger partial charge in [0.05, 0.1) is 5.56 Å². The van der Waals surface area contributed by atoms with Crippen LogP contribution in [0.1, 0.15) is 43.9 Å². The second-order valence-electron chi connectivity index (χ2n) is 8.60. The maximum Gasteiger partial charge on any atom is 0.416 e. The third-order valence-electron chi connectivity index (χ3n) is 4.78. The van der Waals surface area contributed by atoms with E-state index >= 15 is 0 Å². The monoisotopic (exact) mass is 424 g/mol. The average molecular weight is 425 g/mol. The van der Waals surface area contributed by atoms with Gasteiger partial charge in [-0.05, 0) is 59.4 Å². The zero-order chi connectivity index (χ0) is 21.4. The second kappa shape index (κ2) is 7.90. The third kappa shape index (κ3) is 5.44. The lowest BCUT2D eigenvalue weighted by Crippen LogP contribution is -2.20. The minimum Gasteiger partial charge on any atom is -0.367 e. The van der Waals surface area contributed by atoms with E-state index in [2.05, 4.69) is 5.32 Å². The summed E-state index contributed by atoms with van der Waals surface area (Å²) in [7, 11) is 0. The number of fused-ring (bicyclic) bond motifs is 1. The number of nitrogens with zero attached hydrogens (tertiary/aromatic N) is 1. The van der Waals surface area contributed by atoms with Crippen molar-refractivity contribution in [2.75, 3.05) is 16.8 Å². The average Bonchev–Trinajstić information content (AvgIpc) is 2.96. The largest absolute Gasteiger partial charge is 0.416 e. The molecule has 0 atom stereocenters. The molecule has 0 radical (unpaired) electrons. The van der Waals surface area contributed by atoms with Crippen molar-refractivity contribution in [1.29, 1.82) is 0 Å². The molecule has 0 unspecified atom stereocenters. The highest BCUT2D eigenvalue weighted by Gasteiger charge is 2.31. The molecule has 156 valence electrons. The van der Waals surface area contributed by atoms with Crippen LogP contribution in [0.4, 0.5) is 24.5 Å². The van der Waals surface area contributed by atoms with E-state index < -0.39 is 11.7 Å². The van der Waals surface area contributed by atoms with Gasteiger partial charge in [-0.2, -0.15) is 13.2 Å². The highest BCUT2D eigenvalue weighted by Crippen LogP contribution is 2.35. The Balaban J connectivity index is 1.75. The molecular weight excluding hydrogens is 401 g/mol. The Morgan fingerprint density at radius 2 is 1.86 bits per heavy atom. The number of rotatable bonds is 4. The number of halogens is 4. The molecule has 1 N–H and O–H groups in total. The van der Waals surface area contributed by atoms with E-state index in [0.29, 0.717) is 30.1 Å². The summed E-state index contributed by atoms with van der Waals surface area (Å²) in [4.78, 5) is 14.2. The minimum atomic E-state index is -4.40. The number of benzene rings is 2. The molecule has 2 aromatic rings. The van der Waals surface area contributed by atoms with Gasteiger partial charge in [0.25, 0.3) is 0 Å². The number of hydrogen-bond acceptors (Lipinski definition) is 2. The number of hydrogen-bond donors (Lipinski definition) is 1. The van der Waals surface area contributed by atoms with Crippen LogP contribution in [0.3, 0.4) is 0 Å². The molecule has 29 heavy (non-hydrogen) atoms. The van der Waals surface area contributed by atoms with Crippen molar-refractivity contribution >= 4 is 28.9 Å². The number of carbonyl (C=O) groups is 1. The van der Waals surface area contributed by atoms with E-state index in [1.54, 1.807) is 0 Å². The molecule has 0 bridgehead atoms. The summed E-state index contributed by atoms with van der Waals surface area (Å²) in [6.45, 7) is 7.00. The zero-order valence-electron chi connectivity index (χ0n) is 16.7. The van der Waals surface area contributed by atoms with E-state index in [0.717, 1.165) is 35.5 Å². The van der Waals surface area contributed by atoms with Gasteiger partial charge in [-0.1, -0.05) is 32.4 Å². The Morgan fingerprint density at radius 3 is 2.52 bits per heavy atom. The zero-order valence-corrected chi connectivity index (χ0v) is 17.4. The van der Waals surface area contributed by atoms with E-state index in [1.807, 2.05) is 43.9 Å². The van der Waals surface area contributed by atoms with Crippen LogP contribution in [-0.2, 0) is 23.9 Å². The van der Waals surface area contributed by atoms with Crippen molar-refractivity contribution < 1.29 is 18.0 Å². The van der Waals surface area contributed by atoms with Gasteiger partial charge in [0.1, 0.15) is 0 Å². The number of anilines is 2. The van der Waals surface area contributed by atoms with Crippen LogP contribution >= 0.6 is 11.6 Å². The summed E-state index contributed by atoms with van der Waals surface area (Å²) in [6.07, 6.45) is -3.22. The smallest absolute Gasteiger partial charge is 0.367 e. The summed E-state index contributed by atoms with van der Waals surface area (Å²) < 4.78 is 39.0. The second-order valence-corrected chi connectivity index (χ2v) is 9.01. The van der Waals surface area contributed by atoms with Crippen LogP contribution in [0.5, 0.6) is 0 Å². The summed E-state index contributed by atoms with van der Waals surface area (Å²) in [5.41, 5.74) is 2.39. The van der Waals surface area contributed by atoms with Gasteiger partial charge in [-0.15, -0.1) is 0 Å². The topological polar surface area (TPSA) is 32.3 Å². The fourth-order valence-corrected chi connectivity index (χ4v) is 3.65. The van der Waals surface area contributed by atoms with E-state index in [4.69, 9.17) is 11.6 Å². The quantitative estimate of drug-likeness (QED) is 0.625. The lowest BCUT2D eigenvalue weighted by molar-refractivity contribution is -0.137. The first-order valence-corrected chi connectivity index (χ1v) is 9.83. The molecular formula is C22H24ClF3N2O. The van der Waals surface area contributed by atoms with E-state index in [-0.39, 0.29) is 11.3 Å². The summed E-state index contributed by atoms with van der Waals surface area (Å²) in [6, 6.07) is 9.06. The van der Waals surface area contributed by atoms with Crippen LogP contribution in [0, 0.1) is 5.41 Å². The molecule has 0 saturated carbocycles. The Bertz CT molecular complexity index is 919. The highest BCUT2D eigenvalue weighted by molar-refractivity contribution is 6.31. The van der Waals surface area contributed by atoms with Gasteiger partial charge in [-0.3, -0.25) is 4.79 Å². The number of alkyl halides is 3. The first-order valence-electron chi connectivity index (χ1n) is 9.46. The van der Waals surface area contributed by atoms with Crippen molar-refractivity contribution in [2.45, 2.75) is 46.3 Å². The van der Waals surface area contributed by atoms with Crippen molar-refractivity contribution in [2.24, 2.45) is 5.41 Å². The number of carbonyl (C=O) groups excluding carboxylic acids is 1. The first-order chi connectivity index (χ1) is 13.4. The van der Waals surface area contributed by atoms with Gasteiger partial charge >= 0.3 is 6.18 Å². The predicted molar refractivity (Wildman–Crippen MR) is 110 cm³/mol. The molecule has 3 rings (SSSR count). The molecule has 0 fully saturated rings. The molecule has 0 aliphatic carbocycles. The molecule has 1 amide bonds. The summed E-state index contributed by atoms with van der Waals surface area (Å²) >= 11 is 6.15. The fourth-order valence-electron chi connectivity index (χ4n) is 3.48. The van der Waals surface area contributed by atoms with E-state index in [9.17, 15) is 18.0 Å². The van der Waals surface area contributed by atoms with Crippen LogP contribution in [0.15, 0.2) is 36.4 Å². The standard InChI is InChI=1S/C22H24ClF3N2O/c1-21(2,3)12-20(29)27-17-5-7-19-14(11-17)8-9-28(19)13-15-10-16(22(24,25)26)4-6-18(15)23/h4-7,10-11H,8-9,12-13H2,1-3H3,(H,27,29). The molecule has 0 aromatic heterocycles. The molecule has 1 aliphatic heterocycles. The van der Waals surface area contributed by atoms with Gasteiger partial charge in [-0.25, -0.2) is 0 Å². The first kappa shape index (κ1) is 21.5. The maximum absolute atomic E-state index is 13.0. The normalized spacial score (nSPS) is 14.1. The molecule has 1 aliphatic rings. The van der Waals surface area contributed by atoms with Crippen molar-refractivity contribution in [3.8, 4) is 0 Å². The lowest BCUT2D eigenvalue weighted by atomic mass is 9.92. The number of nitrogens with one attached hydrogen (secondary N) is 1. The van der Waals surface area contributed by atoms with E-state index in [1.165, 1.54) is 6.07 Å². The molecule has 1 heterocycles. The molecule has 7 heteroatoms. The van der Waals surface area contributed by atoms with Crippen molar-refractivity contribution in [1.82, 2.24) is 0 Å². The molecule has 2 aromatic carbocycles. The predicted octanol–water partition coefficient (Wildman–Crippen LogP) is 6.30. The molecule has 3 nitrogen and oxygen atoms in total. The van der Waals surface area contributed by atoms with Gasteiger partial charge < -0.3 is 10.2 Å². The lowest BCUT2D eigenvalue weighted by Gasteiger charge is -2.21. The maximum atomic E-state index is 13.0. The molecule has 0 spiro atoms. The summed E-state index contributed by atoms with van der Waals surface area (Å²) in [5, 5.41) is 3.24. The van der Waals surface area contributed by atoms with Gasteiger partial charge in [0, 0.05) is 35.9 Å². The Morgan fingerprint density at radius 1 is 1.14 bits per heavy atom. The van der Waals surface area contributed by atoms with Crippen LogP contribution in [-0.4, -0.2) is 12.5 Å². The third-order valence-corrected chi connectivity index (χ3v) is 5.15. The van der Waals surface area contributed by atoms with Crippen molar-refractivity contribution in [3.63, 3.8) is 0 Å². The summed E-state index contributed by atoms with van der Waals surface area (Å²) in [5.74, 6) is -0.0388. The van der Waals surface area contributed by atoms with Gasteiger partial charge in [0.15, 0.2) is 0 Å². The Kier molecular flexibility index (Phi) is 5.86. The highest BCUT2D eigenvalue weighted by atomic mass is 35.5. The van der Waals surface area contributed by atoms with Crippen LogP contribution in [0.25, 0.3) is 0 Å². The Labute approximate surface area is 173 Å². The van der Waals surface area contributed by atoms with Crippen molar-refractivity contribution in [3.05, 3.63) is 58.1 Å². The Hall–Kier alpha value is -2.21. The number of amides is 1. The van der Waals surface area contributed by atoms with Crippen LogP contribution in [0.2, 0.25) is 5.02 Å².